The number of halogens is 1. The minimum absolute atomic E-state index is 0.0435. The van der Waals surface area contributed by atoms with Crippen LogP contribution >= 0.6 is 23.4 Å². The van der Waals surface area contributed by atoms with Crippen molar-refractivity contribution in [2.24, 2.45) is 5.41 Å². The third-order valence-corrected chi connectivity index (χ3v) is 6.03. The summed E-state index contributed by atoms with van der Waals surface area (Å²) in [6.07, 6.45) is 1.77. The molecule has 0 spiro atoms. The van der Waals surface area contributed by atoms with Gasteiger partial charge in [0.15, 0.2) is 11.2 Å². The topological polar surface area (TPSA) is 57.7 Å². The summed E-state index contributed by atoms with van der Waals surface area (Å²) in [6, 6.07) is 14.0. The number of Topliss-reactive ketones (excluding diaryl/α,β-unsaturated/α-hetero) is 1. The highest BCUT2D eigenvalue weighted by Crippen LogP contribution is 2.43. The van der Waals surface area contributed by atoms with Crippen molar-refractivity contribution in [1.29, 1.82) is 0 Å². The molecule has 146 valence electrons. The van der Waals surface area contributed by atoms with Crippen LogP contribution in [0.3, 0.4) is 0 Å². The number of benzene rings is 2. The number of hydrogen-bond acceptors (Lipinski definition) is 4. The van der Waals surface area contributed by atoms with E-state index in [1.54, 1.807) is 43.6 Å². The normalized spacial score (nSPS) is 18.8. The first-order valence-electron chi connectivity index (χ1n) is 8.87. The molecule has 2 aromatic carbocycles. The van der Waals surface area contributed by atoms with Crippen molar-refractivity contribution in [3.63, 3.8) is 0 Å². The Hall–Kier alpha value is -2.31. The summed E-state index contributed by atoms with van der Waals surface area (Å²) in [6.45, 7) is 2.15. The van der Waals surface area contributed by atoms with Crippen LogP contribution in [0.2, 0.25) is 5.02 Å². The summed E-state index contributed by atoms with van der Waals surface area (Å²) in [7, 11) is 1.57. The molecular formula is C21H21ClN2O3S. The standard InChI is InChI=1S/C21H21ClN2O3S/c1-4-24(14-9-6-5-7-10-14)20(27)21(13-28-3)18(25)17-15(22)11-8-12-16(17)23(2)19(21)26/h5-12H,4,13H2,1-3H3. The minimum atomic E-state index is -1.85. The Bertz CT molecular complexity index is 935. The second-order valence-corrected chi connectivity index (χ2v) is 7.82. The fourth-order valence-corrected chi connectivity index (χ4v) is 4.67. The lowest BCUT2D eigenvalue weighted by Gasteiger charge is -2.41. The largest absolute Gasteiger partial charge is 0.313 e. The minimum Gasteiger partial charge on any atom is -0.313 e. The average Bonchev–Trinajstić information content (AvgIpc) is 2.70. The molecule has 0 bridgehead atoms. The highest BCUT2D eigenvalue weighted by Gasteiger charge is 2.59. The summed E-state index contributed by atoms with van der Waals surface area (Å²) in [5, 5.41) is 0.239. The molecule has 2 aromatic rings. The van der Waals surface area contributed by atoms with Gasteiger partial charge in [0.05, 0.1) is 16.3 Å². The average molecular weight is 417 g/mol. The van der Waals surface area contributed by atoms with E-state index in [1.807, 2.05) is 25.1 Å². The van der Waals surface area contributed by atoms with Crippen LogP contribution in [-0.2, 0) is 9.59 Å². The van der Waals surface area contributed by atoms with Gasteiger partial charge in [-0.2, -0.15) is 11.8 Å². The maximum atomic E-state index is 13.7. The summed E-state index contributed by atoms with van der Waals surface area (Å²) in [5.74, 6) is -1.55. The van der Waals surface area contributed by atoms with Gasteiger partial charge >= 0.3 is 0 Å². The second-order valence-electron chi connectivity index (χ2n) is 6.55. The van der Waals surface area contributed by atoms with Crippen LogP contribution in [0, 0.1) is 5.41 Å². The molecule has 2 amide bonds. The van der Waals surface area contributed by atoms with Gasteiger partial charge in [-0.25, -0.2) is 0 Å². The number of nitrogens with zero attached hydrogens (tertiary/aromatic N) is 2. The highest BCUT2D eigenvalue weighted by molar-refractivity contribution is 7.98. The van der Waals surface area contributed by atoms with E-state index in [1.165, 1.54) is 21.6 Å². The Morgan fingerprint density at radius 2 is 1.82 bits per heavy atom. The Labute approximate surface area is 173 Å². The van der Waals surface area contributed by atoms with Crippen LogP contribution in [0.4, 0.5) is 11.4 Å². The van der Waals surface area contributed by atoms with Crippen LogP contribution in [-0.4, -0.2) is 43.2 Å². The number of anilines is 2. The zero-order valence-electron chi connectivity index (χ0n) is 15.9. The molecule has 0 fully saturated rings. The fraction of sp³-hybridized carbons (Fsp3) is 0.286. The number of rotatable bonds is 5. The first kappa shape index (κ1) is 20.4. The predicted molar refractivity (Wildman–Crippen MR) is 114 cm³/mol. The summed E-state index contributed by atoms with van der Waals surface area (Å²) >= 11 is 7.61. The number of para-hydroxylation sites is 1. The molecule has 0 aliphatic carbocycles. The van der Waals surface area contributed by atoms with Crippen LogP contribution in [0.15, 0.2) is 48.5 Å². The van der Waals surface area contributed by atoms with E-state index in [-0.39, 0.29) is 16.3 Å². The van der Waals surface area contributed by atoms with Gasteiger partial charge in [0, 0.05) is 25.0 Å². The van der Waals surface area contributed by atoms with E-state index in [0.717, 1.165) is 0 Å². The monoisotopic (exact) mass is 416 g/mol. The van der Waals surface area contributed by atoms with Gasteiger partial charge in [0.25, 0.3) is 11.8 Å². The van der Waals surface area contributed by atoms with Crippen LogP contribution in [0.5, 0.6) is 0 Å². The van der Waals surface area contributed by atoms with Crippen molar-refractivity contribution in [1.82, 2.24) is 0 Å². The summed E-state index contributed by atoms with van der Waals surface area (Å²) < 4.78 is 0. The first-order chi connectivity index (χ1) is 13.4. The van der Waals surface area contributed by atoms with E-state index in [2.05, 4.69) is 0 Å². The summed E-state index contributed by atoms with van der Waals surface area (Å²) in [4.78, 5) is 43.6. The van der Waals surface area contributed by atoms with E-state index >= 15 is 0 Å². The van der Waals surface area contributed by atoms with Crippen LogP contribution < -0.4 is 9.80 Å². The second kappa shape index (κ2) is 7.97. The van der Waals surface area contributed by atoms with Gasteiger partial charge in [-0.3, -0.25) is 14.4 Å². The number of amides is 2. The van der Waals surface area contributed by atoms with Crippen molar-refractivity contribution in [2.75, 3.05) is 35.4 Å². The lowest BCUT2D eigenvalue weighted by atomic mass is 9.75. The predicted octanol–water partition coefficient (Wildman–Crippen LogP) is 3.90. The Morgan fingerprint density at radius 1 is 1.14 bits per heavy atom. The third kappa shape index (κ3) is 3.01. The van der Waals surface area contributed by atoms with E-state index < -0.39 is 23.0 Å². The quantitative estimate of drug-likeness (QED) is 0.693. The SMILES string of the molecule is CCN(C(=O)C1(CSC)C(=O)c2c(Cl)cccc2N(C)C1=O)c1ccccc1. The van der Waals surface area contributed by atoms with E-state index in [0.29, 0.717) is 17.9 Å². The molecule has 0 radical (unpaired) electrons. The molecule has 5 nitrogen and oxygen atoms in total. The third-order valence-electron chi connectivity index (χ3n) is 4.99. The Morgan fingerprint density at radius 3 is 2.43 bits per heavy atom. The molecule has 1 aliphatic heterocycles. The van der Waals surface area contributed by atoms with Gasteiger partial charge in [0.1, 0.15) is 0 Å². The van der Waals surface area contributed by atoms with E-state index in [9.17, 15) is 14.4 Å². The number of carbonyl (C=O) groups excluding carboxylic acids is 3. The molecule has 3 rings (SSSR count). The van der Waals surface area contributed by atoms with Gasteiger partial charge < -0.3 is 9.80 Å². The fourth-order valence-electron chi connectivity index (χ4n) is 3.60. The Balaban J connectivity index is 2.21. The van der Waals surface area contributed by atoms with Crippen molar-refractivity contribution in [2.45, 2.75) is 6.92 Å². The molecule has 1 atom stereocenters. The van der Waals surface area contributed by atoms with Crippen molar-refractivity contribution in [3.05, 3.63) is 59.1 Å². The molecule has 0 saturated carbocycles. The molecule has 28 heavy (non-hydrogen) atoms. The smallest absolute Gasteiger partial charge is 0.251 e. The van der Waals surface area contributed by atoms with Gasteiger partial charge in [-0.1, -0.05) is 35.9 Å². The number of thioether (sulfide) groups is 1. The maximum Gasteiger partial charge on any atom is 0.251 e. The Kier molecular flexibility index (Phi) is 5.82. The molecule has 1 aliphatic rings. The lowest BCUT2D eigenvalue weighted by Crippen LogP contribution is -2.61. The molecule has 0 aromatic heterocycles. The van der Waals surface area contributed by atoms with Gasteiger partial charge in [-0.05, 0) is 37.4 Å². The first-order valence-corrected chi connectivity index (χ1v) is 10.6. The zero-order valence-corrected chi connectivity index (χ0v) is 17.5. The maximum absolute atomic E-state index is 13.7. The molecule has 1 heterocycles. The molecule has 1 unspecified atom stereocenters. The van der Waals surface area contributed by atoms with Crippen molar-refractivity contribution < 1.29 is 14.4 Å². The van der Waals surface area contributed by atoms with Crippen molar-refractivity contribution in [3.8, 4) is 0 Å². The number of hydrogen-bond donors (Lipinski definition) is 0. The summed E-state index contributed by atoms with van der Waals surface area (Å²) in [5.41, 5.74) is -0.561. The van der Waals surface area contributed by atoms with Gasteiger partial charge in [0.2, 0.25) is 0 Å². The van der Waals surface area contributed by atoms with Crippen LogP contribution in [0.25, 0.3) is 0 Å². The van der Waals surface area contributed by atoms with E-state index in [4.69, 9.17) is 11.6 Å². The van der Waals surface area contributed by atoms with Gasteiger partial charge in [-0.15, -0.1) is 0 Å². The zero-order chi connectivity index (χ0) is 20.5. The number of carbonyl (C=O) groups is 3. The van der Waals surface area contributed by atoms with Crippen molar-refractivity contribution >= 4 is 52.3 Å². The number of ketones is 1. The van der Waals surface area contributed by atoms with Crippen LogP contribution in [0.1, 0.15) is 17.3 Å². The highest BCUT2D eigenvalue weighted by atomic mass is 35.5. The molecule has 0 N–H and O–H groups in total. The lowest BCUT2D eigenvalue weighted by molar-refractivity contribution is -0.135. The molecular weight excluding hydrogens is 396 g/mol. The number of fused-ring (bicyclic) bond motifs is 1. The molecule has 0 saturated heterocycles. The molecule has 7 heteroatoms.